The van der Waals surface area contributed by atoms with Crippen LogP contribution in [0.1, 0.15) is 72.9 Å². The highest BCUT2D eigenvalue weighted by molar-refractivity contribution is 6.30. The zero-order valence-electron chi connectivity index (χ0n) is 23.8. The monoisotopic (exact) mass is 618 g/mol. The Labute approximate surface area is 262 Å². The van der Waals surface area contributed by atoms with E-state index in [1.54, 1.807) is 16.7 Å². The quantitative estimate of drug-likeness (QED) is 0.126. The number of nitrogen functional groups attached to an aromatic ring is 1. The molecule has 1 aliphatic carbocycles. The number of nitrogens with one attached hydrogen (secondary N) is 3. The van der Waals surface area contributed by atoms with E-state index in [2.05, 4.69) is 58.1 Å². The summed E-state index contributed by atoms with van der Waals surface area (Å²) in [5.41, 5.74) is 8.73. The summed E-state index contributed by atoms with van der Waals surface area (Å²) in [7, 11) is 0. The number of anilines is 1. The standard InChI is InChI=1S/C33H35ClN6O2.ClH/c34-29-28-24(10-4-9-22-8-3-7-21-6-1-2-13-26(21)22)18-27(40(28)33(42)31(39-29)38-25-11-5-12-25)32(41)37-19-20-14-16-23(17-15-20)30(35)36;/h1-3,6-8,13-17,24-25,27H,4-5,9-12,18-19H2,(H3,35,36)(H,37,41)(H,38,39);1H/t24-,27-;/m0./s1. The van der Waals surface area contributed by atoms with E-state index in [1.165, 1.54) is 16.3 Å². The smallest absolute Gasteiger partial charge is 0.294 e. The molecule has 2 heterocycles. The van der Waals surface area contributed by atoms with Gasteiger partial charge >= 0.3 is 0 Å². The molecule has 0 saturated heterocycles. The highest BCUT2D eigenvalue weighted by Crippen LogP contribution is 2.42. The van der Waals surface area contributed by atoms with Gasteiger partial charge in [0.1, 0.15) is 11.9 Å². The van der Waals surface area contributed by atoms with Gasteiger partial charge in [0.05, 0.1) is 5.69 Å². The minimum absolute atomic E-state index is 0. The molecular formula is C33H36Cl2N6O2. The van der Waals surface area contributed by atoms with Crippen molar-refractivity contribution >= 4 is 52.3 Å². The number of fused-ring (bicyclic) bond motifs is 2. The molecule has 10 heteroatoms. The average Bonchev–Trinajstić information content (AvgIpc) is 3.37. The Morgan fingerprint density at radius 1 is 1.07 bits per heavy atom. The van der Waals surface area contributed by atoms with Gasteiger partial charge in [-0.3, -0.25) is 19.6 Å². The summed E-state index contributed by atoms with van der Waals surface area (Å²) in [6.07, 6.45) is 6.16. The second-order valence-corrected chi connectivity index (χ2v) is 11.7. The number of aryl methyl sites for hydroxylation is 1. The highest BCUT2D eigenvalue weighted by atomic mass is 35.5. The third kappa shape index (κ3) is 6.40. The molecule has 43 heavy (non-hydrogen) atoms. The maximum absolute atomic E-state index is 13.7. The molecule has 0 spiro atoms. The maximum atomic E-state index is 13.7. The van der Waals surface area contributed by atoms with E-state index < -0.39 is 6.04 Å². The molecule has 2 aliphatic rings. The van der Waals surface area contributed by atoms with Crippen molar-refractivity contribution in [2.24, 2.45) is 5.73 Å². The number of rotatable bonds is 10. The Hall–Kier alpha value is -3.88. The van der Waals surface area contributed by atoms with Gasteiger partial charge in [0, 0.05) is 24.1 Å². The number of hydrogen-bond acceptors (Lipinski definition) is 5. The van der Waals surface area contributed by atoms with Gasteiger partial charge in [0.15, 0.2) is 11.0 Å². The molecule has 1 saturated carbocycles. The fourth-order valence-corrected chi connectivity index (χ4v) is 6.49. The lowest BCUT2D eigenvalue weighted by molar-refractivity contribution is -0.124. The predicted octanol–water partition coefficient (Wildman–Crippen LogP) is 6.09. The van der Waals surface area contributed by atoms with Gasteiger partial charge in [-0.15, -0.1) is 12.4 Å². The normalized spacial score (nSPS) is 17.5. The molecule has 1 amide bonds. The van der Waals surface area contributed by atoms with Crippen LogP contribution in [0.2, 0.25) is 5.15 Å². The number of amides is 1. The molecule has 6 rings (SSSR count). The number of benzene rings is 3. The number of carbonyl (C=O) groups is 1. The summed E-state index contributed by atoms with van der Waals surface area (Å²) in [4.78, 5) is 31.8. The van der Waals surface area contributed by atoms with Crippen LogP contribution in [0.4, 0.5) is 5.82 Å². The fourth-order valence-electron chi connectivity index (χ4n) is 6.16. The van der Waals surface area contributed by atoms with Crippen LogP contribution in [-0.4, -0.2) is 27.3 Å². The summed E-state index contributed by atoms with van der Waals surface area (Å²) in [6.45, 7) is 0.301. The van der Waals surface area contributed by atoms with Gasteiger partial charge in [-0.2, -0.15) is 0 Å². The van der Waals surface area contributed by atoms with Crippen LogP contribution in [0.25, 0.3) is 10.8 Å². The summed E-state index contributed by atoms with van der Waals surface area (Å²) < 4.78 is 1.59. The molecule has 8 nitrogen and oxygen atoms in total. The van der Waals surface area contributed by atoms with Crippen molar-refractivity contribution in [2.45, 2.75) is 69.5 Å². The first kappa shape index (κ1) is 30.6. The van der Waals surface area contributed by atoms with Gasteiger partial charge in [-0.1, -0.05) is 78.3 Å². The summed E-state index contributed by atoms with van der Waals surface area (Å²) >= 11 is 6.77. The summed E-state index contributed by atoms with van der Waals surface area (Å²) in [5, 5.41) is 16.6. The minimum Gasteiger partial charge on any atom is -0.384 e. The van der Waals surface area contributed by atoms with E-state index in [-0.39, 0.29) is 47.5 Å². The first-order valence-electron chi connectivity index (χ1n) is 14.6. The van der Waals surface area contributed by atoms with Crippen LogP contribution in [-0.2, 0) is 17.8 Å². The van der Waals surface area contributed by atoms with Crippen LogP contribution < -0.4 is 21.9 Å². The lowest BCUT2D eigenvalue weighted by atomic mass is 9.93. The van der Waals surface area contributed by atoms with Crippen molar-refractivity contribution in [3.63, 3.8) is 0 Å². The molecule has 4 aromatic rings. The van der Waals surface area contributed by atoms with Crippen molar-refractivity contribution in [3.05, 3.63) is 105 Å². The number of carbonyl (C=O) groups excluding carboxylic acids is 1. The van der Waals surface area contributed by atoms with Crippen molar-refractivity contribution in [1.29, 1.82) is 5.41 Å². The van der Waals surface area contributed by atoms with Crippen LogP contribution >= 0.6 is 24.0 Å². The molecule has 3 aromatic carbocycles. The highest BCUT2D eigenvalue weighted by Gasteiger charge is 2.39. The zero-order chi connectivity index (χ0) is 29.2. The SMILES string of the molecule is Cl.N=C(N)c1ccc(CNC(=O)[C@@H]2C[C@H](CCCc3cccc4ccccc34)c3c(Cl)nc(NC4CCC4)c(=O)n32)cc1. The largest absolute Gasteiger partial charge is 0.384 e. The van der Waals surface area contributed by atoms with Gasteiger partial charge in [-0.25, -0.2) is 4.98 Å². The van der Waals surface area contributed by atoms with E-state index in [1.807, 2.05) is 12.1 Å². The first-order valence-corrected chi connectivity index (χ1v) is 15.0. The Bertz CT molecular complexity index is 1700. The van der Waals surface area contributed by atoms with Crippen molar-refractivity contribution in [1.82, 2.24) is 14.9 Å². The molecule has 0 radical (unpaired) electrons. The molecule has 0 bridgehead atoms. The van der Waals surface area contributed by atoms with Crippen LogP contribution in [0.5, 0.6) is 0 Å². The van der Waals surface area contributed by atoms with E-state index in [0.29, 0.717) is 29.4 Å². The number of aromatic nitrogens is 2. The van der Waals surface area contributed by atoms with Gasteiger partial charge in [0.2, 0.25) is 5.91 Å². The van der Waals surface area contributed by atoms with Gasteiger partial charge in [-0.05, 0) is 66.8 Å². The molecular weight excluding hydrogens is 583 g/mol. The molecule has 224 valence electrons. The van der Waals surface area contributed by atoms with Crippen LogP contribution in [0, 0.1) is 5.41 Å². The van der Waals surface area contributed by atoms with E-state index in [4.69, 9.17) is 22.7 Å². The fraction of sp³-hybridized carbons (Fsp3) is 0.333. The maximum Gasteiger partial charge on any atom is 0.294 e. The lowest BCUT2D eigenvalue weighted by Crippen LogP contribution is -2.38. The van der Waals surface area contributed by atoms with Crippen LogP contribution in [0.3, 0.4) is 0 Å². The van der Waals surface area contributed by atoms with Gasteiger partial charge in [0.25, 0.3) is 5.56 Å². The molecule has 1 fully saturated rings. The third-order valence-electron chi connectivity index (χ3n) is 8.67. The Morgan fingerprint density at radius 3 is 2.53 bits per heavy atom. The molecule has 1 aromatic heterocycles. The van der Waals surface area contributed by atoms with Crippen molar-refractivity contribution in [2.75, 3.05) is 5.32 Å². The number of halogens is 2. The second-order valence-electron chi connectivity index (χ2n) is 11.4. The molecule has 5 N–H and O–H groups in total. The number of nitrogens with two attached hydrogens (primary N) is 1. The third-order valence-corrected chi connectivity index (χ3v) is 8.95. The summed E-state index contributed by atoms with van der Waals surface area (Å²) in [6, 6.07) is 21.5. The van der Waals surface area contributed by atoms with E-state index >= 15 is 0 Å². The molecule has 0 unspecified atom stereocenters. The van der Waals surface area contributed by atoms with Gasteiger partial charge < -0.3 is 16.4 Å². The van der Waals surface area contributed by atoms with E-state index in [9.17, 15) is 9.59 Å². The Kier molecular flexibility index (Phi) is 9.37. The first-order chi connectivity index (χ1) is 20.4. The zero-order valence-corrected chi connectivity index (χ0v) is 25.4. The average molecular weight is 620 g/mol. The number of amidine groups is 1. The lowest BCUT2D eigenvalue weighted by Gasteiger charge is -2.27. The number of nitrogens with zero attached hydrogens (tertiary/aromatic N) is 2. The summed E-state index contributed by atoms with van der Waals surface area (Å²) in [5.74, 6) is -0.0586. The Morgan fingerprint density at radius 2 is 1.81 bits per heavy atom. The van der Waals surface area contributed by atoms with E-state index in [0.717, 1.165) is 44.1 Å². The molecule has 2 atom stereocenters. The number of hydrogen-bond donors (Lipinski definition) is 4. The second kappa shape index (κ2) is 13.2. The minimum atomic E-state index is -0.672. The van der Waals surface area contributed by atoms with Crippen molar-refractivity contribution in [3.8, 4) is 0 Å². The molecule has 1 aliphatic heterocycles. The predicted molar refractivity (Wildman–Crippen MR) is 175 cm³/mol. The topological polar surface area (TPSA) is 126 Å². The van der Waals surface area contributed by atoms with Crippen molar-refractivity contribution < 1.29 is 4.79 Å². The Balaban J connectivity index is 0.00000368. The van der Waals surface area contributed by atoms with Crippen LogP contribution in [0.15, 0.2) is 71.5 Å².